The molecule has 0 aliphatic rings. The van der Waals surface area contributed by atoms with Gasteiger partial charge in [0.15, 0.2) is 0 Å². The van der Waals surface area contributed by atoms with Crippen LogP contribution < -0.4 is 5.32 Å². The second-order valence-electron chi connectivity index (χ2n) is 14.7. The third-order valence-corrected chi connectivity index (χ3v) is 9.74. The molecule has 0 aromatic carbocycles. The van der Waals surface area contributed by atoms with Crippen LogP contribution in [0.1, 0.15) is 200 Å². The van der Waals surface area contributed by atoms with E-state index in [1.165, 1.54) is 109 Å². The number of hydrogen-bond donors (Lipinski definition) is 5. The number of allylic oxidation sites excluding steroid dienone is 8. The van der Waals surface area contributed by atoms with Crippen molar-refractivity contribution in [3.63, 3.8) is 0 Å². The molecule has 4 unspecified atom stereocenters. The van der Waals surface area contributed by atoms with Gasteiger partial charge in [-0.3, -0.25) is 4.79 Å². The van der Waals surface area contributed by atoms with Crippen molar-refractivity contribution >= 4 is 5.91 Å². The highest BCUT2D eigenvalue weighted by atomic mass is 16.3. The average Bonchev–Trinajstić information content (AvgIpc) is 3.13. The number of amides is 1. The van der Waals surface area contributed by atoms with E-state index in [-0.39, 0.29) is 0 Å². The minimum absolute atomic E-state index is 0.346. The van der Waals surface area contributed by atoms with Crippen molar-refractivity contribution in [3.8, 4) is 0 Å². The quantitative estimate of drug-likeness (QED) is 0.0323. The molecule has 0 radical (unpaired) electrons. The van der Waals surface area contributed by atoms with Gasteiger partial charge in [0.1, 0.15) is 12.2 Å². The Balaban J connectivity index is 3.85. The van der Waals surface area contributed by atoms with E-state index >= 15 is 0 Å². The molecule has 0 saturated carbocycles. The summed E-state index contributed by atoms with van der Waals surface area (Å²) in [5.41, 5.74) is 0. The van der Waals surface area contributed by atoms with Gasteiger partial charge in [-0.25, -0.2) is 0 Å². The lowest BCUT2D eigenvalue weighted by Gasteiger charge is -2.27. The van der Waals surface area contributed by atoms with Gasteiger partial charge in [-0.05, 0) is 83.5 Å². The van der Waals surface area contributed by atoms with E-state index in [4.69, 9.17) is 0 Å². The molecule has 0 spiro atoms. The Bertz CT molecular complexity index is 854. The minimum Gasteiger partial charge on any atom is -0.394 e. The molecule has 0 aliphatic carbocycles. The molecule has 0 heterocycles. The molecule has 4 atom stereocenters. The molecule has 51 heavy (non-hydrogen) atoms. The fourth-order valence-electron chi connectivity index (χ4n) is 6.27. The highest BCUT2D eigenvalue weighted by Gasteiger charge is 2.28. The molecule has 0 aromatic rings. The van der Waals surface area contributed by atoms with Crippen LogP contribution in [0.5, 0.6) is 0 Å². The number of unbranched alkanes of at least 4 members (excludes halogenated alkanes) is 21. The largest absolute Gasteiger partial charge is 0.394 e. The first-order valence-electron chi connectivity index (χ1n) is 21.5. The maximum atomic E-state index is 12.5. The van der Waals surface area contributed by atoms with E-state index in [2.05, 4.69) is 67.8 Å². The van der Waals surface area contributed by atoms with Crippen molar-refractivity contribution < 1.29 is 25.2 Å². The van der Waals surface area contributed by atoms with E-state index in [1.807, 2.05) is 0 Å². The van der Waals surface area contributed by atoms with Gasteiger partial charge in [0.2, 0.25) is 5.91 Å². The number of hydrogen-bond acceptors (Lipinski definition) is 5. The van der Waals surface area contributed by atoms with Crippen molar-refractivity contribution in [1.29, 1.82) is 0 Å². The molecule has 0 fully saturated rings. The normalized spacial score (nSPS) is 14.7. The van der Waals surface area contributed by atoms with Gasteiger partial charge >= 0.3 is 0 Å². The fraction of sp³-hybridized carbons (Fsp3) is 0.800. The molecule has 0 aromatic heterocycles. The lowest BCUT2D eigenvalue weighted by molar-refractivity contribution is -0.132. The zero-order valence-electron chi connectivity index (χ0n) is 33.3. The molecular weight excluding hydrogens is 634 g/mol. The van der Waals surface area contributed by atoms with E-state index in [0.717, 1.165) is 57.8 Å². The summed E-state index contributed by atoms with van der Waals surface area (Å²) in [6.45, 7) is 3.99. The lowest BCUT2D eigenvalue weighted by atomic mass is 10.00. The number of aliphatic hydroxyl groups excluding tert-OH is 4. The van der Waals surface area contributed by atoms with Crippen LogP contribution in [0, 0.1) is 0 Å². The first kappa shape index (κ1) is 49.3. The Kier molecular flexibility index (Phi) is 38.1. The molecule has 0 bridgehead atoms. The van der Waals surface area contributed by atoms with Crippen LogP contribution in [0.3, 0.4) is 0 Å². The summed E-state index contributed by atoms with van der Waals surface area (Å²) >= 11 is 0. The van der Waals surface area contributed by atoms with Crippen molar-refractivity contribution in [2.24, 2.45) is 0 Å². The Morgan fingerprint density at radius 3 is 1.39 bits per heavy atom. The number of carbonyl (C=O) groups excluding carboxylic acids is 1. The van der Waals surface area contributed by atoms with Crippen molar-refractivity contribution in [3.05, 3.63) is 48.6 Å². The third kappa shape index (κ3) is 33.8. The van der Waals surface area contributed by atoms with E-state index in [1.54, 1.807) is 0 Å². The minimum atomic E-state index is -1.29. The molecule has 5 N–H and O–H groups in total. The maximum Gasteiger partial charge on any atom is 0.249 e. The summed E-state index contributed by atoms with van der Waals surface area (Å²) in [4.78, 5) is 12.5. The fourth-order valence-corrected chi connectivity index (χ4v) is 6.27. The number of aliphatic hydroxyl groups is 4. The summed E-state index contributed by atoms with van der Waals surface area (Å²) in [6.07, 6.45) is 47.0. The zero-order chi connectivity index (χ0) is 37.5. The van der Waals surface area contributed by atoms with E-state index in [0.29, 0.717) is 19.3 Å². The number of carbonyl (C=O) groups is 1. The Hall–Kier alpha value is -1.73. The first-order valence-corrected chi connectivity index (χ1v) is 21.5. The summed E-state index contributed by atoms with van der Waals surface area (Å²) in [7, 11) is 0. The molecule has 298 valence electrons. The van der Waals surface area contributed by atoms with Gasteiger partial charge in [-0.1, -0.05) is 165 Å². The van der Waals surface area contributed by atoms with Gasteiger partial charge in [0.05, 0.1) is 18.8 Å². The Morgan fingerprint density at radius 1 is 0.490 bits per heavy atom. The first-order chi connectivity index (χ1) is 25.0. The summed E-state index contributed by atoms with van der Waals surface area (Å²) < 4.78 is 0. The second-order valence-corrected chi connectivity index (χ2v) is 14.7. The number of rotatable bonds is 38. The van der Waals surface area contributed by atoms with Crippen molar-refractivity contribution in [2.75, 3.05) is 6.61 Å². The highest BCUT2D eigenvalue weighted by Crippen LogP contribution is 2.14. The zero-order valence-corrected chi connectivity index (χ0v) is 33.3. The van der Waals surface area contributed by atoms with Gasteiger partial charge < -0.3 is 25.7 Å². The molecular formula is C45H83NO5. The molecule has 0 rings (SSSR count). The molecule has 0 aliphatic heterocycles. The predicted octanol–water partition coefficient (Wildman–Crippen LogP) is 11.1. The molecule has 6 nitrogen and oxygen atoms in total. The molecule has 0 saturated heterocycles. The van der Waals surface area contributed by atoms with Crippen LogP contribution in [-0.4, -0.2) is 57.3 Å². The van der Waals surface area contributed by atoms with Crippen molar-refractivity contribution in [2.45, 2.75) is 224 Å². The van der Waals surface area contributed by atoms with Crippen LogP contribution >= 0.6 is 0 Å². The smallest absolute Gasteiger partial charge is 0.249 e. The van der Waals surface area contributed by atoms with Gasteiger partial charge in [0.25, 0.3) is 0 Å². The second kappa shape index (κ2) is 39.5. The molecule has 1 amide bonds. The van der Waals surface area contributed by atoms with Gasteiger partial charge in [0, 0.05) is 0 Å². The highest BCUT2D eigenvalue weighted by molar-refractivity contribution is 5.80. The van der Waals surface area contributed by atoms with E-state index < -0.39 is 36.9 Å². The summed E-state index contributed by atoms with van der Waals surface area (Å²) in [5.74, 6) is -0.608. The Labute approximate surface area is 315 Å². The summed E-state index contributed by atoms with van der Waals surface area (Å²) in [5, 5.41) is 43.6. The molecule has 6 heteroatoms. The topological polar surface area (TPSA) is 110 Å². The van der Waals surface area contributed by atoms with Gasteiger partial charge in [-0.2, -0.15) is 0 Å². The third-order valence-electron chi connectivity index (χ3n) is 9.74. The number of nitrogens with one attached hydrogen (secondary N) is 1. The average molecular weight is 718 g/mol. The van der Waals surface area contributed by atoms with Crippen LogP contribution in [0.2, 0.25) is 0 Å². The SMILES string of the molecule is CCCCC/C=C\C/C=C\CCCCCCCCC(O)C(=O)NC(CO)C(O)C(O)CCC/C=C/CC/C=C/CCCCCCCCCCCC. The predicted molar refractivity (Wildman–Crippen MR) is 219 cm³/mol. The lowest BCUT2D eigenvalue weighted by Crippen LogP contribution is -2.53. The maximum absolute atomic E-state index is 12.5. The van der Waals surface area contributed by atoms with Gasteiger partial charge in [-0.15, -0.1) is 0 Å². The van der Waals surface area contributed by atoms with Crippen molar-refractivity contribution in [1.82, 2.24) is 5.32 Å². The Morgan fingerprint density at radius 2 is 0.882 bits per heavy atom. The van der Waals surface area contributed by atoms with E-state index in [9.17, 15) is 25.2 Å². The van der Waals surface area contributed by atoms with Crippen LogP contribution in [-0.2, 0) is 4.79 Å². The van der Waals surface area contributed by atoms with Crippen LogP contribution in [0.25, 0.3) is 0 Å². The standard InChI is InChI=1S/C45H83NO5/c1-3-5-7-9-11-13-15-17-19-21-22-23-25-26-28-30-32-34-36-38-42(48)44(50)41(40-47)46-45(51)43(49)39-37-35-33-31-29-27-24-20-18-16-14-12-10-8-6-4-2/h12,14,18,20,23,25,30,32,41-44,47-50H,3-11,13,15-17,19,21-22,24,26-29,31,33-40H2,1-2H3,(H,46,51)/b14-12-,20-18-,25-23+,32-30+. The monoisotopic (exact) mass is 718 g/mol. The van der Waals surface area contributed by atoms with Crippen LogP contribution in [0.15, 0.2) is 48.6 Å². The van der Waals surface area contributed by atoms with Crippen LogP contribution in [0.4, 0.5) is 0 Å². The summed E-state index contributed by atoms with van der Waals surface area (Å²) in [6, 6.07) is -1.01.